The number of nitrogens with zero attached hydrogens (tertiary/aromatic N) is 5. The van der Waals surface area contributed by atoms with Crippen molar-refractivity contribution in [3.05, 3.63) is 86.8 Å². The molecule has 0 unspecified atom stereocenters. The van der Waals surface area contributed by atoms with Gasteiger partial charge >= 0.3 is 0 Å². The monoisotopic (exact) mass is 671 g/mol. The summed E-state index contributed by atoms with van der Waals surface area (Å²) in [5.41, 5.74) is 0.975. The van der Waals surface area contributed by atoms with Crippen LogP contribution in [0.1, 0.15) is 29.7 Å². The van der Waals surface area contributed by atoms with Crippen molar-refractivity contribution < 1.29 is 23.5 Å². The number of pyridine rings is 1. The topological polar surface area (TPSA) is 133 Å². The number of morpholine rings is 1. The summed E-state index contributed by atoms with van der Waals surface area (Å²) in [6.07, 6.45) is 3.18. The van der Waals surface area contributed by atoms with Crippen LogP contribution in [0.3, 0.4) is 0 Å². The van der Waals surface area contributed by atoms with Crippen LogP contribution >= 0.6 is 23.2 Å². The van der Waals surface area contributed by atoms with Crippen LogP contribution < -0.4 is 20.9 Å². The molecular formula is C31H32Cl2FN7O5. The molecule has 4 aromatic rings. The third-order valence-corrected chi connectivity index (χ3v) is 7.96. The standard InChI is InChI=1S/C31H32Cl2FN7O5/c1-3-25(31(44)36-20-5-6-21(24(34)15-20)30(43)35-8-9-39-10-12-46-13-11-39)40-17-27(45-2)23(16-29(40)42)22-14-19(32)4-7-26(22)41-18-28(33)37-38-41/h4-7,14-18,25H,3,8-13H2,1-2H3,(H,35,43)(H,36,44)/t25-/m0/s1. The lowest BCUT2D eigenvalue weighted by Gasteiger charge is -2.26. The van der Waals surface area contributed by atoms with Crippen molar-refractivity contribution in [3.8, 4) is 22.6 Å². The Morgan fingerprint density at radius 2 is 1.87 bits per heavy atom. The molecule has 2 aromatic carbocycles. The third kappa shape index (κ3) is 7.56. The van der Waals surface area contributed by atoms with Gasteiger partial charge in [-0.2, -0.15) is 0 Å². The number of amides is 2. The lowest BCUT2D eigenvalue weighted by Crippen LogP contribution is -2.41. The van der Waals surface area contributed by atoms with Crippen molar-refractivity contribution in [2.24, 2.45) is 0 Å². The van der Waals surface area contributed by atoms with Crippen molar-refractivity contribution >= 4 is 40.7 Å². The first-order valence-electron chi connectivity index (χ1n) is 14.6. The maximum Gasteiger partial charge on any atom is 0.254 e. The number of halogens is 3. The van der Waals surface area contributed by atoms with Crippen LogP contribution in [-0.2, 0) is 9.53 Å². The minimum Gasteiger partial charge on any atom is -0.495 e. The quantitative estimate of drug-likeness (QED) is 0.243. The van der Waals surface area contributed by atoms with Crippen LogP contribution in [0.4, 0.5) is 10.1 Å². The Kier molecular flexibility index (Phi) is 10.7. The Labute approximate surface area is 274 Å². The number of hydrogen-bond donors (Lipinski definition) is 2. The number of anilines is 1. The van der Waals surface area contributed by atoms with E-state index < -0.39 is 29.2 Å². The molecule has 242 valence electrons. The largest absolute Gasteiger partial charge is 0.495 e. The molecule has 5 rings (SSSR count). The van der Waals surface area contributed by atoms with Crippen molar-refractivity contribution in [1.29, 1.82) is 0 Å². The molecule has 1 saturated heterocycles. The Hall–Kier alpha value is -4.30. The fourth-order valence-corrected chi connectivity index (χ4v) is 5.49. The molecule has 12 nitrogen and oxygen atoms in total. The van der Waals surface area contributed by atoms with Gasteiger partial charge in [-0.3, -0.25) is 23.9 Å². The van der Waals surface area contributed by atoms with Gasteiger partial charge in [-0.15, -0.1) is 5.10 Å². The van der Waals surface area contributed by atoms with Gasteiger partial charge in [-0.05, 0) is 42.8 Å². The minimum atomic E-state index is -0.963. The number of carbonyl (C=O) groups excluding carboxylic acids is 2. The summed E-state index contributed by atoms with van der Waals surface area (Å²) >= 11 is 12.3. The predicted octanol–water partition coefficient (Wildman–Crippen LogP) is 4.20. The van der Waals surface area contributed by atoms with Crippen LogP contribution in [0.15, 0.2) is 59.7 Å². The number of nitrogens with one attached hydrogen (secondary N) is 2. The maximum absolute atomic E-state index is 15.0. The smallest absolute Gasteiger partial charge is 0.254 e. The highest BCUT2D eigenvalue weighted by Gasteiger charge is 2.24. The SMILES string of the molecule is CC[C@@H](C(=O)Nc1ccc(C(=O)NCCN2CCOCC2)c(F)c1)n1cc(OC)c(-c2cc(Cl)ccc2-n2cc(Cl)nn2)cc1=O. The molecule has 1 atom stereocenters. The molecule has 0 bridgehead atoms. The second-order valence-corrected chi connectivity index (χ2v) is 11.3. The molecule has 3 heterocycles. The van der Waals surface area contributed by atoms with Gasteiger partial charge in [0.25, 0.3) is 11.5 Å². The summed E-state index contributed by atoms with van der Waals surface area (Å²) in [6, 6.07) is 9.22. The highest BCUT2D eigenvalue weighted by molar-refractivity contribution is 6.31. The van der Waals surface area contributed by atoms with E-state index in [1.54, 1.807) is 25.1 Å². The molecule has 15 heteroatoms. The van der Waals surface area contributed by atoms with Gasteiger partial charge in [0.2, 0.25) is 5.91 Å². The Balaban J connectivity index is 1.33. The third-order valence-electron chi connectivity index (χ3n) is 7.55. The number of carbonyl (C=O) groups is 2. The zero-order valence-electron chi connectivity index (χ0n) is 25.1. The van der Waals surface area contributed by atoms with E-state index in [2.05, 4.69) is 25.8 Å². The number of rotatable bonds is 11. The van der Waals surface area contributed by atoms with Gasteiger partial charge in [0, 0.05) is 54.1 Å². The second-order valence-electron chi connectivity index (χ2n) is 10.5. The molecule has 0 saturated carbocycles. The first kappa shape index (κ1) is 33.1. The molecule has 2 N–H and O–H groups in total. The van der Waals surface area contributed by atoms with E-state index in [-0.39, 0.29) is 28.6 Å². The van der Waals surface area contributed by atoms with E-state index in [4.69, 9.17) is 32.7 Å². The maximum atomic E-state index is 15.0. The van der Waals surface area contributed by atoms with Gasteiger partial charge in [-0.25, -0.2) is 9.07 Å². The Morgan fingerprint density at radius 1 is 1.09 bits per heavy atom. The first-order valence-corrected chi connectivity index (χ1v) is 15.3. The number of aromatic nitrogens is 4. The average molecular weight is 673 g/mol. The van der Waals surface area contributed by atoms with E-state index in [0.717, 1.165) is 19.2 Å². The van der Waals surface area contributed by atoms with Crippen LogP contribution in [-0.4, -0.2) is 82.8 Å². The summed E-state index contributed by atoms with van der Waals surface area (Å²) in [4.78, 5) is 41.6. The van der Waals surface area contributed by atoms with Crippen LogP contribution in [0, 0.1) is 5.82 Å². The van der Waals surface area contributed by atoms with Gasteiger partial charge < -0.3 is 20.1 Å². The van der Waals surface area contributed by atoms with E-state index >= 15 is 0 Å². The first-order chi connectivity index (χ1) is 22.2. The molecule has 0 aliphatic carbocycles. The van der Waals surface area contributed by atoms with E-state index in [1.165, 1.54) is 47.0 Å². The number of ether oxygens (including phenoxy) is 2. The van der Waals surface area contributed by atoms with E-state index in [9.17, 15) is 18.8 Å². The highest BCUT2D eigenvalue weighted by atomic mass is 35.5. The second kappa shape index (κ2) is 14.9. The fourth-order valence-electron chi connectivity index (χ4n) is 5.19. The average Bonchev–Trinajstić information content (AvgIpc) is 3.48. The predicted molar refractivity (Wildman–Crippen MR) is 172 cm³/mol. The summed E-state index contributed by atoms with van der Waals surface area (Å²) in [5, 5.41) is 13.8. The number of benzene rings is 2. The Bertz CT molecular complexity index is 1790. The van der Waals surface area contributed by atoms with Gasteiger partial charge in [0.05, 0.1) is 44.0 Å². The molecule has 1 aliphatic heterocycles. The molecule has 2 aromatic heterocycles. The summed E-state index contributed by atoms with van der Waals surface area (Å²) in [6.45, 7) is 5.59. The van der Waals surface area contributed by atoms with E-state index in [1.807, 2.05) is 0 Å². The van der Waals surface area contributed by atoms with Gasteiger partial charge in [0.15, 0.2) is 5.15 Å². The number of methoxy groups -OCH3 is 1. The highest BCUT2D eigenvalue weighted by Crippen LogP contribution is 2.35. The number of hydrogen-bond acceptors (Lipinski definition) is 8. The minimum absolute atomic E-state index is 0.137. The zero-order valence-corrected chi connectivity index (χ0v) is 26.6. The fraction of sp³-hybridized carbons (Fsp3) is 0.323. The van der Waals surface area contributed by atoms with Crippen molar-refractivity contribution in [2.45, 2.75) is 19.4 Å². The normalized spacial score (nSPS) is 14.1. The van der Waals surface area contributed by atoms with Crippen LogP contribution in [0.25, 0.3) is 16.8 Å². The van der Waals surface area contributed by atoms with Gasteiger partial charge in [0.1, 0.15) is 17.6 Å². The molecule has 46 heavy (non-hydrogen) atoms. The van der Waals surface area contributed by atoms with Crippen molar-refractivity contribution in [3.63, 3.8) is 0 Å². The summed E-state index contributed by atoms with van der Waals surface area (Å²) in [7, 11) is 1.44. The molecule has 0 spiro atoms. The molecule has 1 fully saturated rings. The lowest BCUT2D eigenvalue weighted by atomic mass is 10.0. The lowest BCUT2D eigenvalue weighted by molar-refractivity contribution is -0.119. The zero-order chi connectivity index (χ0) is 32.8. The van der Waals surface area contributed by atoms with Crippen LogP contribution in [0.2, 0.25) is 10.2 Å². The molecular weight excluding hydrogens is 640 g/mol. The van der Waals surface area contributed by atoms with Crippen molar-refractivity contribution in [1.82, 2.24) is 29.8 Å². The summed E-state index contributed by atoms with van der Waals surface area (Å²) in [5.74, 6) is -1.61. The molecule has 2 amide bonds. The molecule has 1 aliphatic rings. The summed E-state index contributed by atoms with van der Waals surface area (Å²) < 4.78 is 28.6. The van der Waals surface area contributed by atoms with Crippen molar-refractivity contribution in [2.75, 3.05) is 51.8 Å². The van der Waals surface area contributed by atoms with E-state index in [0.29, 0.717) is 48.1 Å². The molecule has 0 radical (unpaired) electrons. The van der Waals surface area contributed by atoms with Gasteiger partial charge in [-0.1, -0.05) is 35.3 Å². The van der Waals surface area contributed by atoms with Crippen LogP contribution in [0.5, 0.6) is 5.75 Å². The Morgan fingerprint density at radius 3 is 2.54 bits per heavy atom.